The van der Waals surface area contributed by atoms with Crippen LogP contribution in [-0.4, -0.2) is 16.0 Å². The lowest BCUT2D eigenvalue weighted by Crippen LogP contribution is -1.99. The number of nitro benzene ring substituents is 1. The highest BCUT2D eigenvalue weighted by Crippen LogP contribution is 2.28. The number of anilines is 2. The number of carboxylic acids is 1. The van der Waals surface area contributed by atoms with Crippen molar-refractivity contribution in [3.05, 3.63) is 63.7 Å². The third-order valence-electron chi connectivity index (χ3n) is 2.73. The second-order valence-corrected chi connectivity index (χ2v) is 4.11. The number of hydrogen-bond acceptors (Lipinski definition) is 5. The summed E-state index contributed by atoms with van der Waals surface area (Å²) in [5.74, 6) is -1.05. The van der Waals surface area contributed by atoms with Gasteiger partial charge in [-0.3, -0.25) is 10.1 Å². The average Bonchev–Trinajstić information content (AvgIpc) is 2.48. The Kier molecular flexibility index (Phi) is 3.81. The summed E-state index contributed by atoms with van der Waals surface area (Å²) in [4.78, 5) is 21.2. The van der Waals surface area contributed by atoms with Crippen molar-refractivity contribution in [1.29, 1.82) is 5.26 Å². The van der Waals surface area contributed by atoms with E-state index in [1.54, 1.807) is 0 Å². The van der Waals surface area contributed by atoms with Gasteiger partial charge in [-0.1, -0.05) is 0 Å². The van der Waals surface area contributed by atoms with Crippen LogP contribution in [-0.2, 0) is 0 Å². The first-order valence-corrected chi connectivity index (χ1v) is 5.80. The van der Waals surface area contributed by atoms with Gasteiger partial charge in [0, 0.05) is 11.8 Å². The van der Waals surface area contributed by atoms with Gasteiger partial charge in [-0.05, 0) is 36.4 Å². The lowest BCUT2D eigenvalue weighted by molar-refractivity contribution is -0.383. The fourth-order valence-corrected chi connectivity index (χ4v) is 1.71. The van der Waals surface area contributed by atoms with Crippen molar-refractivity contribution in [1.82, 2.24) is 0 Å². The largest absolute Gasteiger partial charge is 0.478 e. The van der Waals surface area contributed by atoms with E-state index in [0.717, 1.165) is 0 Å². The molecule has 7 heteroatoms. The van der Waals surface area contributed by atoms with Gasteiger partial charge in [0.2, 0.25) is 0 Å². The second kappa shape index (κ2) is 5.71. The molecule has 0 aliphatic heterocycles. The van der Waals surface area contributed by atoms with Gasteiger partial charge in [-0.15, -0.1) is 0 Å². The van der Waals surface area contributed by atoms with Gasteiger partial charge >= 0.3 is 5.97 Å². The lowest BCUT2D eigenvalue weighted by Gasteiger charge is -2.07. The van der Waals surface area contributed by atoms with Crippen LogP contribution in [0.5, 0.6) is 0 Å². The van der Waals surface area contributed by atoms with Crippen LogP contribution < -0.4 is 5.32 Å². The summed E-state index contributed by atoms with van der Waals surface area (Å²) in [5, 5.41) is 31.4. The molecular formula is C14H9N3O4. The van der Waals surface area contributed by atoms with Crippen molar-refractivity contribution in [2.24, 2.45) is 0 Å². The van der Waals surface area contributed by atoms with E-state index in [0.29, 0.717) is 5.69 Å². The Labute approximate surface area is 119 Å². The zero-order chi connectivity index (χ0) is 15.4. The molecule has 2 aromatic carbocycles. The smallest absolute Gasteiger partial charge is 0.335 e. The molecular weight excluding hydrogens is 274 g/mol. The van der Waals surface area contributed by atoms with Crippen molar-refractivity contribution < 1.29 is 14.8 Å². The molecule has 0 aromatic heterocycles. The van der Waals surface area contributed by atoms with Gasteiger partial charge < -0.3 is 10.4 Å². The normalized spacial score (nSPS) is 9.67. The lowest BCUT2D eigenvalue weighted by atomic mass is 10.1. The standard InChI is InChI=1S/C14H9N3O4/c15-8-9-1-6-12(13(7-9)17(20)21)16-11-4-2-10(3-5-11)14(18)19/h1-7,16H,(H,18,19). The molecule has 7 nitrogen and oxygen atoms in total. The molecule has 0 atom stereocenters. The minimum absolute atomic E-state index is 0.120. The number of nitriles is 1. The number of aromatic carboxylic acids is 1. The van der Waals surface area contributed by atoms with Crippen molar-refractivity contribution in [2.75, 3.05) is 5.32 Å². The van der Waals surface area contributed by atoms with Crippen molar-refractivity contribution in [2.45, 2.75) is 0 Å². The Bertz CT molecular complexity index is 748. The van der Waals surface area contributed by atoms with Gasteiger partial charge in [-0.2, -0.15) is 5.26 Å². The molecule has 0 saturated carbocycles. The molecule has 21 heavy (non-hydrogen) atoms. The maximum Gasteiger partial charge on any atom is 0.335 e. The maximum absolute atomic E-state index is 11.0. The first-order chi connectivity index (χ1) is 10.0. The highest BCUT2D eigenvalue weighted by Gasteiger charge is 2.15. The fourth-order valence-electron chi connectivity index (χ4n) is 1.71. The SMILES string of the molecule is N#Cc1ccc(Nc2ccc(C(=O)O)cc2)c([N+](=O)[O-])c1. The Hall–Kier alpha value is -3.40. The molecule has 2 rings (SSSR count). The third-order valence-corrected chi connectivity index (χ3v) is 2.73. The predicted molar refractivity (Wildman–Crippen MR) is 74.5 cm³/mol. The van der Waals surface area contributed by atoms with Gasteiger partial charge in [0.1, 0.15) is 5.69 Å². The minimum atomic E-state index is -1.05. The molecule has 0 unspecified atom stereocenters. The molecule has 0 heterocycles. The molecule has 0 saturated heterocycles. The van der Waals surface area contributed by atoms with Gasteiger partial charge in [0.25, 0.3) is 5.69 Å². The number of hydrogen-bond donors (Lipinski definition) is 2. The van der Waals surface area contributed by atoms with Crippen LogP contribution in [0.4, 0.5) is 17.1 Å². The van der Waals surface area contributed by atoms with Crippen LogP contribution in [0.25, 0.3) is 0 Å². The van der Waals surface area contributed by atoms with Crippen LogP contribution in [0, 0.1) is 21.4 Å². The van der Waals surface area contributed by atoms with E-state index in [-0.39, 0.29) is 22.5 Å². The Morgan fingerprint density at radius 2 is 1.90 bits per heavy atom. The van der Waals surface area contributed by atoms with E-state index in [9.17, 15) is 14.9 Å². The van der Waals surface area contributed by atoms with E-state index < -0.39 is 10.9 Å². The summed E-state index contributed by atoms with van der Waals surface area (Å²) in [6.07, 6.45) is 0. The number of nitrogens with zero attached hydrogens (tertiary/aromatic N) is 2. The Balaban J connectivity index is 2.33. The first kappa shape index (κ1) is 14.0. The third kappa shape index (κ3) is 3.13. The zero-order valence-corrected chi connectivity index (χ0v) is 10.6. The van der Waals surface area contributed by atoms with Crippen LogP contribution >= 0.6 is 0 Å². The van der Waals surface area contributed by atoms with Crippen LogP contribution in [0.2, 0.25) is 0 Å². The summed E-state index contributed by atoms with van der Waals surface area (Å²) < 4.78 is 0. The van der Waals surface area contributed by atoms with Crippen LogP contribution in [0.1, 0.15) is 15.9 Å². The Morgan fingerprint density at radius 1 is 1.24 bits per heavy atom. The first-order valence-electron chi connectivity index (χ1n) is 5.80. The predicted octanol–water partition coefficient (Wildman–Crippen LogP) is 2.91. The maximum atomic E-state index is 11.0. The summed E-state index contributed by atoms with van der Waals surface area (Å²) in [7, 11) is 0. The summed E-state index contributed by atoms with van der Waals surface area (Å²) >= 11 is 0. The zero-order valence-electron chi connectivity index (χ0n) is 10.6. The van der Waals surface area contributed by atoms with Gasteiger partial charge in [0.05, 0.1) is 22.1 Å². The number of carboxylic acid groups (broad SMARTS) is 1. The van der Waals surface area contributed by atoms with E-state index >= 15 is 0 Å². The molecule has 2 aromatic rings. The fraction of sp³-hybridized carbons (Fsp3) is 0. The average molecular weight is 283 g/mol. The molecule has 0 amide bonds. The summed E-state index contributed by atoms with van der Waals surface area (Å²) in [6, 6.07) is 11.7. The summed E-state index contributed by atoms with van der Waals surface area (Å²) in [6.45, 7) is 0. The minimum Gasteiger partial charge on any atom is -0.478 e. The molecule has 0 radical (unpaired) electrons. The van der Waals surface area contributed by atoms with Crippen LogP contribution in [0.15, 0.2) is 42.5 Å². The molecule has 104 valence electrons. The number of rotatable bonds is 4. The Morgan fingerprint density at radius 3 is 2.43 bits per heavy atom. The molecule has 0 bridgehead atoms. The molecule has 2 N–H and O–H groups in total. The van der Waals surface area contributed by atoms with E-state index in [4.69, 9.17) is 10.4 Å². The van der Waals surface area contributed by atoms with Crippen molar-refractivity contribution in [3.8, 4) is 6.07 Å². The van der Waals surface area contributed by atoms with Gasteiger partial charge in [-0.25, -0.2) is 4.79 Å². The van der Waals surface area contributed by atoms with Crippen molar-refractivity contribution >= 4 is 23.0 Å². The number of carbonyl (C=O) groups is 1. The topological polar surface area (TPSA) is 116 Å². The van der Waals surface area contributed by atoms with Crippen LogP contribution in [0.3, 0.4) is 0 Å². The van der Waals surface area contributed by atoms with Gasteiger partial charge in [0.15, 0.2) is 0 Å². The molecule has 0 aliphatic rings. The monoisotopic (exact) mass is 283 g/mol. The second-order valence-electron chi connectivity index (χ2n) is 4.11. The molecule has 0 fully saturated rings. The van der Waals surface area contributed by atoms with E-state index in [1.807, 2.05) is 6.07 Å². The highest BCUT2D eigenvalue weighted by molar-refractivity contribution is 5.88. The van der Waals surface area contributed by atoms with Crippen molar-refractivity contribution in [3.63, 3.8) is 0 Å². The number of nitro groups is 1. The van der Waals surface area contributed by atoms with E-state index in [1.165, 1.54) is 42.5 Å². The number of nitrogens with one attached hydrogen (secondary N) is 1. The quantitative estimate of drug-likeness (QED) is 0.658. The molecule has 0 aliphatic carbocycles. The summed E-state index contributed by atoms with van der Waals surface area (Å²) in [5.41, 5.74) is 0.814. The molecule has 0 spiro atoms. The highest BCUT2D eigenvalue weighted by atomic mass is 16.6. The van der Waals surface area contributed by atoms with E-state index in [2.05, 4.69) is 5.32 Å². The number of benzene rings is 2.